The number of carbonyl (C=O) groups is 1. The van der Waals surface area contributed by atoms with Gasteiger partial charge in [0.15, 0.2) is 0 Å². The Morgan fingerprint density at radius 3 is 2.50 bits per heavy atom. The van der Waals surface area contributed by atoms with Crippen molar-refractivity contribution in [3.05, 3.63) is 82.7 Å². The fourth-order valence-electron chi connectivity index (χ4n) is 4.08. The molecule has 0 aliphatic carbocycles. The lowest BCUT2D eigenvalue weighted by Gasteiger charge is -2.35. The van der Waals surface area contributed by atoms with Crippen LogP contribution in [0.25, 0.3) is 5.69 Å². The van der Waals surface area contributed by atoms with Crippen LogP contribution >= 0.6 is 0 Å². The van der Waals surface area contributed by atoms with Gasteiger partial charge in [-0.05, 0) is 44.0 Å². The minimum absolute atomic E-state index is 0.0543. The van der Waals surface area contributed by atoms with Crippen molar-refractivity contribution in [3.8, 4) is 5.69 Å². The van der Waals surface area contributed by atoms with Crippen molar-refractivity contribution >= 4 is 5.91 Å². The first-order valence-corrected chi connectivity index (χ1v) is 9.74. The van der Waals surface area contributed by atoms with Crippen LogP contribution in [-0.4, -0.2) is 33.7 Å². The average molecular weight is 374 g/mol. The molecule has 0 saturated carbocycles. The molecule has 28 heavy (non-hydrogen) atoms. The van der Waals surface area contributed by atoms with Crippen molar-refractivity contribution in [1.29, 1.82) is 0 Å². The van der Waals surface area contributed by atoms with Crippen LogP contribution in [0.15, 0.2) is 54.6 Å². The summed E-state index contributed by atoms with van der Waals surface area (Å²) in [6, 6.07) is 18.1. The van der Waals surface area contributed by atoms with Crippen LogP contribution in [0, 0.1) is 20.8 Å². The molecule has 1 saturated heterocycles. The number of rotatable bonds is 4. The molecule has 1 aliphatic heterocycles. The summed E-state index contributed by atoms with van der Waals surface area (Å²) in [6.45, 7) is 8.41. The maximum atomic E-state index is 12.9. The molecule has 0 bridgehead atoms. The minimum atomic E-state index is -0.328. The highest BCUT2D eigenvalue weighted by molar-refractivity contribution is 5.84. The van der Waals surface area contributed by atoms with E-state index in [1.165, 1.54) is 11.1 Å². The van der Waals surface area contributed by atoms with Crippen LogP contribution in [0.2, 0.25) is 0 Å². The van der Waals surface area contributed by atoms with Crippen LogP contribution in [0.4, 0.5) is 0 Å². The number of benzene rings is 2. The molecular formula is C23H26N4O. The number of piperazine rings is 1. The van der Waals surface area contributed by atoms with E-state index in [1.807, 2.05) is 41.9 Å². The Balaban J connectivity index is 1.74. The Bertz CT molecular complexity index is 993. The fraction of sp³-hybridized carbons (Fsp3) is 0.304. The van der Waals surface area contributed by atoms with E-state index in [4.69, 9.17) is 5.10 Å². The molecule has 2 heterocycles. The molecule has 144 valence electrons. The van der Waals surface area contributed by atoms with E-state index < -0.39 is 0 Å². The Morgan fingerprint density at radius 1 is 1.04 bits per heavy atom. The maximum absolute atomic E-state index is 12.9. The lowest BCUT2D eigenvalue weighted by molar-refractivity contribution is -0.129. The van der Waals surface area contributed by atoms with Gasteiger partial charge >= 0.3 is 0 Å². The summed E-state index contributed by atoms with van der Waals surface area (Å²) in [6.07, 6.45) is 0. The summed E-state index contributed by atoms with van der Waals surface area (Å²) in [4.78, 5) is 15.2. The second kappa shape index (κ2) is 7.60. The molecule has 2 aromatic carbocycles. The summed E-state index contributed by atoms with van der Waals surface area (Å²) in [5.74, 6) is 0.0543. The standard InChI is InChI=1S/C23H26N4O/c1-16-9-7-8-10-19(16)15-26-14-13-24-23(28)22(26)21-17(2)25-27(18(21)3)20-11-5-4-6-12-20/h4-12,22H,13-15H2,1-3H3,(H,24,28)/t22-/m1/s1. The van der Waals surface area contributed by atoms with E-state index in [2.05, 4.69) is 48.3 Å². The third-order valence-electron chi connectivity index (χ3n) is 5.57. The Kier molecular flexibility index (Phi) is 5.01. The van der Waals surface area contributed by atoms with Gasteiger partial charge in [-0.2, -0.15) is 5.10 Å². The number of amides is 1. The molecule has 1 amide bonds. The summed E-state index contributed by atoms with van der Waals surface area (Å²) in [5.41, 5.74) is 6.44. The van der Waals surface area contributed by atoms with Gasteiger partial charge in [-0.3, -0.25) is 9.69 Å². The van der Waals surface area contributed by atoms with Crippen molar-refractivity contribution in [3.63, 3.8) is 0 Å². The molecule has 1 aliphatic rings. The van der Waals surface area contributed by atoms with E-state index >= 15 is 0 Å². The lowest BCUT2D eigenvalue weighted by Crippen LogP contribution is -2.49. The largest absolute Gasteiger partial charge is 0.353 e. The lowest BCUT2D eigenvalue weighted by atomic mass is 9.98. The van der Waals surface area contributed by atoms with E-state index in [9.17, 15) is 4.79 Å². The first-order valence-electron chi connectivity index (χ1n) is 9.74. The van der Waals surface area contributed by atoms with Gasteiger partial charge in [0.05, 0.1) is 11.4 Å². The normalized spacial score (nSPS) is 17.5. The SMILES string of the molecule is Cc1ccccc1CN1CCNC(=O)[C@H]1c1c(C)nn(-c2ccccc2)c1C. The number of carbonyl (C=O) groups excluding carboxylic acids is 1. The highest BCUT2D eigenvalue weighted by Gasteiger charge is 2.35. The van der Waals surface area contributed by atoms with E-state index in [1.54, 1.807) is 0 Å². The molecule has 0 spiro atoms. The van der Waals surface area contributed by atoms with Gasteiger partial charge in [-0.25, -0.2) is 4.68 Å². The van der Waals surface area contributed by atoms with Gasteiger partial charge in [-0.15, -0.1) is 0 Å². The van der Waals surface area contributed by atoms with Crippen molar-refractivity contribution in [1.82, 2.24) is 20.0 Å². The number of aromatic nitrogens is 2. The maximum Gasteiger partial charge on any atom is 0.242 e. The number of hydrogen-bond donors (Lipinski definition) is 1. The Labute approximate surface area is 166 Å². The van der Waals surface area contributed by atoms with E-state index in [-0.39, 0.29) is 11.9 Å². The Morgan fingerprint density at radius 2 is 1.75 bits per heavy atom. The van der Waals surface area contributed by atoms with Crippen LogP contribution in [0.1, 0.15) is 34.1 Å². The van der Waals surface area contributed by atoms with Gasteiger partial charge < -0.3 is 5.32 Å². The highest BCUT2D eigenvalue weighted by atomic mass is 16.2. The monoisotopic (exact) mass is 374 g/mol. The molecule has 1 fully saturated rings. The van der Waals surface area contributed by atoms with Crippen molar-refractivity contribution in [2.75, 3.05) is 13.1 Å². The van der Waals surface area contributed by atoms with Gasteiger partial charge in [0, 0.05) is 30.9 Å². The summed E-state index contributed by atoms with van der Waals surface area (Å²) in [7, 11) is 0. The number of aryl methyl sites for hydroxylation is 2. The summed E-state index contributed by atoms with van der Waals surface area (Å²) in [5, 5.41) is 7.81. The molecule has 0 radical (unpaired) electrons. The van der Waals surface area contributed by atoms with Crippen LogP contribution < -0.4 is 5.32 Å². The van der Waals surface area contributed by atoms with E-state index in [0.29, 0.717) is 6.54 Å². The molecule has 5 heteroatoms. The molecule has 0 unspecified atom stereocenters. The topological polar surface area (TPSA) is 50.2 Å². The highest BCUT2D eigenvalue weighted by Crippen LogP contribution is 2.31. The third-order valence-corrected chi connectivity index (χ3v) is 5.57. The van der Waals surface area contributed by atoms with Crippen molar-refractivity contribution < 1.29 is 4.79 Å². The Hall–Kier alpha value is -2.92. The molecular weight excluding hydrogens is 348 g/mol. The van der Waals surface area contributed by atoms with Crippen molar-refractivity contribution in [2.45, 2.75) is 33.4 Å². The summed E-state index contributed by atoms with van der Waals surface area (Å²) >= 11 is 0. The second-order valence-electron chi connectivity index (χ2n) is 7.42. The van der Waals surface area contributed by atoms with E-state index in [0.717, 1.165) is 35.7 Å². The second-order valence-corrected chi connectivity index (χ2v) is 7.42. The first-order chi connectivity index (χ1) is 13.6. The summed E-state index contributed by atoms with van der Waals surface area (Å²) < 4.78 is 1.94. The van der Waals surface area contributed by atoms with Gasteiger partial charge in [0.25, 0.3) is 0 Å². The first kappa shape index (κ1) is 18.4. The number of hydrogen-bond acceptors (Lipinski definition) is 3. The fourth-order valence-corrected chi connectivity index (χ4v) is 4.08. The van der Waals surface area contributed by atoms with Crippen LogP contribution in [-0.2, 0) is 11.3 Å². The molecule has 3 aromatic rings. The average Bonchev–Trinajstić information content (AvgIpc) is 2.99. The molecule has 1 atom stereocenters. The number of nitrogens with one attached hydrogen (secondary N) is 1. The zero-order chi connectivity index (χ0) is 19.7. The third kappa shape index (κ3) is 3.34. The smallest absolute Gasteiger partial charge is 0.242 e. The molecule has 5 nitrogen and oxygen atoms in total. The molecule has 4 rings (SSSR count). The number of para-hydroxylation sites is 1. The van der Waals surface area contributed by atoms with Gasteiger partial charge in [0.1, 0.15) is 6.04 Å². The van der Waals surface area contributed by atoms with Gasteiger partial charge in [0.2, 0.25) is 5.91 Å². The molecule has 1 N–H and O–H groups in total. The zero-order valence-electron chi connectivity index (χ0n) is 16.6. The van der Waals surface area contributed by atoms with Crippen LogP contribution in [0.3, 0.4) is 0 Å². The predicted octanol–water partition coefficient (Wildman–Crippen LogP) is 3.47. The zero-order valence-corrected chi connectivity index (χ0v) is 16.6. The van der Waals surface area contributed by atoms with Gasteiger partial charge in [-0.1, -0.05) is 42.5 Å². The van der Waals surface area contributed by atoms with Crippen molar-refractivity contribution in [2.24, 2.45) is 0 Å². The quantitative estimate of drug-likeness (QED) is 0.761. The molecule has 1 aromatic heterocycles. The number of nitrogens with zero attached hydrogens (tertiary/aromatic N) is 3. The minimum Gasteiger partial charge on any atom is -0.353 e. The predicted molar refractivity (Wildman–Crippen MR) is 110 cm³/mol. The van der Waals surface area contributed by atoms with Crippen LogP contribution in [0.5, 0.6) is 0 Å².